The van der Waals surface area contributed by atoms with Crippen LogP contribution in [0.15, 0.2) is 69.6 Å². The number of amides is 12. The normalized spacial score (nSPS) is 16.9. The molecule has 98 heavy (non-hydrogen) atoms. The first-order valence-corrected chi connectivity index (χ1v) is 32.6. The Bertz CT molecular complexity index is 3140. The number of hydrogen-bond donors (Lipinski definition) is 19. The van der Waals surface area contributed by atoms with Crippen molar-refractivity contribution >= 4 is 88.8 Å². The molecule has 2 aromatic rings. The van der Waals surface area contributed by atoms with Gasteiger partial charge in [0.1, 0.15) is 66.7 Å². The molecule has 11 atom stereocenters. The molecule has 29 N–H and O–H groups in total. The predicted molar refractivity (Wildman–Crippen MR) is 362 cm³/mol. The Kier molecular flexibility index (Phi) is 33.6. The van der Waals surface area contributed by atoms with Crippen LogP contribution in [-0.4, -0.2) is 210 Å². The minimum atomic E-state index is -1.60. The van der Waals surface area contributed by atoms with Crippen LogP contribution in [0.1, 0.15) is 108 Å². The number of primary amides is 1. The van der Waals surface area contributed by atoms with Crippen molar-refractivity contribution in [2.24, 2.45) is 78.2 Å². The molecule has 0 unspecified atom stereocenters. The summed E-state index contributed by atoms with van der Waals surface area (Å²) in [6.07, 6.45) is 1.53. The number of carbonyl (C=O) groups is 12. The van der Waals surface area contributed by atoms with Gasteiger partial charge in [-0.1, -0.05) is 62.7 Å². The lowest BCUT2D eigenvalue weighted by Gasteiger charge is -2.32. The van der Waals surface area contributed by atoms with Gasteiger partial charge in [0.15, 0.2) is 17.9 Å². The first kappa shape index (κ1) is 80.2. The molecule has 2 heterocycles. The SMILES string of the molecule is CC[C@H](C)[C@H](NC(=O)[C@H](CCCN=C(N)N)NC(=O)[C@H](CCCN=C(N)N)NC(=O)[C@H](CN)NC(=O)[C@H](Cc1ccccc1)NC(=O)CN1C(=O)C[C@@H](NC(=O)[C@@H](N)Cc2ccc(O)cc2)C1=O)C(=O)N[C@@H](CCCN=C(N)N)C(=O)N1CCC[C@H]1C(=O)N[C@@H](CCCCN)C(N)=O. The van der Waals surface area contributed by atoms with E-state index in [0.717, 1.165) is 0 Å². The molecular formula is C62H99N23O13. The number of nitrogens with zero attached hydrogens (tertiary/aromatic N) is 5. The number of imide groups is 1. The highest BCUT2D eigenvalue weighted by molar-refractivity contribution is 6.09. The quantitative estimate of drug-likeness (QED) is 0.0127. The van der Waals surface area contributed by atoms with Gasteiger partial charge in [-0.05, 0) is 113 Å². The summed E-state index contributed by atoms with van der Waals surface area (Å²) in [7, 11) is 0. The zero-order valence-corrected chi connectivity index (χ0v) is 55.5. The topological polar surface area (TPSA) is 625 Å². The summed E-state index contributed by atoms with van der Waals surface area (Å²) in [6, 6.07) is 0.981. The fourth-order valence-electron chi connectivity index (χ4n) is 10.8. The number of carbonyl (C=O) groups excluding carboxylic acids is 12. The predicted octanol–water partition coefficient (Wildman–Crippen LogP) is -7.09. The number of rotatable bonds is 42. The number of aliphatic imine (C=N–C) groups is 3. The van der Waals surface area contributed by atoms with E-state index in [-0.39, 0.29) is 114 Å². The van der Waals surface area contributed by atoms with Gasteiger partial charge in [-0.15, -0.1) is 0 Å². The Balaban J connectivity index is 1.57. The maximum Gasteiger partial charge on any atom is 0.252 e. The molecule has 2 aliphatic heterocycles. The van der Waals surface area contributed by atoms with Crippen LogP contribution in [0.4, 0.5) is 0 Å². The monoisotopic (exact) mass is 1370 g/mol. The Morgan fingerprint density at radius 2 is 1.09 bits per heavy atom. The number of benzene rings is 2. The molecule has 12 amide bonds. The first-order valence-electron chi connectivity index (χ1n) is 32.6. The fourth-order valence-corrected chi connectivity index (χ4v) is 10.8. The van der Waals surface area contributed by atoms with Gasteiger partial charge < -0.3 is 110 Å². The fraction of sp³-hybridized carbons (Fsp3) is 0.565. The second-order valence-corrected chi connectivity index (χ2v) is 24.0. The Morgan fingerprint density at radius 3 is 1.63 bits per heavy atom. The van der Waals surface area contributed by atoms with Crippen LogP contribution in [0.2, 0.25) is 0 Å². The second kappa shape index (κ2) is 41.0. The van der Waals surface area contributed by atoms with Gasteiger partial charge in [0.05, 0.1) is 12.5 Å². The minimum Gasteiger partial charge on any atom is -0.508 e. The van der Waals surface area contributed by atoms with E-state index in [4.69, 9.17) is 57.3 Å². The van der Waals surface area contributed by atoms with Gasteiger partial charge in [0.25, 0.3) is 5.91 Å². The molecule has 36 heteroatoms. The van der Waals surface area contributed by atoms with Crippen molar-refractivity contribution in [2.75, 3.05) is 45.8 Å². The third-order valence-corrected chi connectivity index (χ3v) is 16.3. The number of aromatic hydroxyl groups is 1. The molecule has 0 aromatic heterocycles. The van der Waals surface area contributed by atoms with E-state index in [9.17, 15) is 62.6 Å². The molecule has 0 saturated carbocycles. The molecule has 2 saturated heterocycles. The van der Waals surface area contributed by atoms with Gasteiger partial charge >= 0.3 is 0 Å². The number of guanidine groups is 3. The molecule has 0 radical (unpaired) electrons. The van der Waals surface area contributed by atoms with Crippen LogP contribution in [0.5, 0.6) is 5.75 Å². The van der Waals surface area contributed by atoms with Crippen LogP contribution in [0.25, 0.3) is 0 Å². The summed E-state index contributed by atoms with van der Waals surface area (Å²) in [5.74, 6) is -11.5. The summed E-state index contributed by atoms with van der Waals surface area (Å²) < 4.78 is 0. The summed E-state index contributed by atoms with van der Waals surface area (Å²) in [6.45, 7) is 2.45. The lowest BCUT2D eigenvalue weighted by atomic mass is 9.96. The Morgan fingerprint density at radius 1 is 0.582 bits per heavy atom. The van der Waals surface area contributed by atoms with Gasteiger partial charge in [-0.25, -0.2) is 0 Å². The molecule has 4 rings (SSSR count). The number of unbranched alkanes of at least 4 members (excludes halogenated alkanes) is 1. The van der Waals surface area contributed by atoms with E-state index in [1.165, 1.54) is 17.0 Å². The van der Waals surface area contributed by atoms with Crippen LogP contribution >= 0.6 is 0 Å². The molecule has 36 nitrogen and oxygen atoms in total. The lowest BCUT2D eigenvalue weighted by molar-refractivity contribution is -0.143. The average Bonchev–Trinajstić information content (AvgIpc) is 1.63. The number of nitrogens with one attached hydrogen (secondary N) is 8. The van der Waals surface area contributed by atoms with Gasteiger partial charge in [-0.3, -0.25) is 77.4 Å². The molecule has 540 valence electrons. The van der Waals surface area contributed by atoms with Crippen molar-refractivity contribution in [1.82, 2.24) is 52.3 Å². The van der Waals surface area contributed by atoms with E-state index < -0.39 is 157 Å². The maximum absolute atomic E-state index is 14.7. The Hall–Kier alpha value is -10.2. The summed E-state index contributed by atoms with van der Waals surface area (Å²) in [5, 5.41) is 30.5. The maximum atomic E-state index is 14.7. The highest BCUT2D eigenvalue weighted by Gasteiger charge is 2.43. The number of phenolic OH excluding ortho intramolecular Hbond substituents is 1. The van der Waals surface area contributed by atoms with Crippen LogP contribution in [0.3, 0.4) is 0 Å². The third kappa shape index (κ3) is 26.8. The highest BCUT2D eigenvalue weighted by Crippen LogP contribution is 2.22. The van der Waals surface area contributed by atoms with Gasteiger partial charge in [0.2, 0.25) is 65.0 Å². The van der Waals surface area contributed by atoms with Crippen molar-refractivity contribution in [3.63, 3.8) is 0 Å². The molecule has 2 fully saturated rings. The second-order valence-electron chi connectivity index (χ2n) is 24.0. The van der Waals surface area contributed by atoms with E-state index in [0.29, 0.717) is 48.3 Å². The smallest absolute Gasteiger partial charge is 0.252 e. The van der Waals surface area contributed by atoms with Crippen LogP contribution in [-0.2, 0) is 70.4 Å². The zero-order chi connectivity index (χ0) is 72.6. The average molecular weight is 1370 g/mol. The van der Waals surface area contributed by atoms with Crippen molar-refractivity contribution < 1.29 is 62.6 Å². The van der Waals surface area contributed by atoms with E-state index >= 15 is 0 Å². The lowest BCUT2D eigenvalue weighted by Crippen LogP contribution is -2.61. The molecule has 0 bridgehead atoms. The van der Waals surface area contributed by atoms with Crippen LogP contribution in [0, 0.1) is 5.92 Å². The van der Waals surface area contributed by atoms with E-state index in [1.807, 2.05) is 0 Å². The largest absolute Gasteiger partial charge is 0.508 e. The highest BCUT2D eigenvalue weighted by atomic mass is 16.3. The third-order valence-electron chi connectivity index (χ3n) is 16.3. The summed E-state index contributed by atoms with van der Waals surface area (Å²) >= 11 is 0. The number of hydrogen-bond acceptors (Lipinski definition) is 19. The van der Waals surface area contributed by atoms with Crippen LogP contribution < -0.4 is 99.9 Å². The molecule has 2 aliphatic rings. The van der Waals surface area contributed by atoms with Crippen molar-refractivity contribution in [3.8, 4) is 5.75 Å². The number of likely N-dealkylation sites (tertiary alicyclic amines) is 2. The van der Waals surface area contributed by atoms with Crippen molar-refractivity contribution in [3.05, 3.63) is 65.7 Å². The number of phenols is 1. The van der Waals surface area contributed by atoms with Gasteiger partial charge in [-0.2, -0.15) is 0 Å². The standard InChI is InChI=1S/C62H99N23O13/c1-3-34(2)49(57(96)80-42(18-11-27-75-62(71)72)58(97)84-28-12-19-46(84)56(95)77-39(50(66)89)15-7-8-24-63)83-53(92)41(17-10-26-74-61(69)70)78-52(91)40(16-9-25-73-60(67)68)79-55(94)45(32-64)82-54(93)43(30-35-13-5-4-6-14-35)76-47(87)33-85-48(88)31-44(59(85)98)81-51(90)38(65)29-36-20-22-37(86)23-21-36/h4-6,13-14,20-23,34,38-46,49,86H,3,7-12,15-19,24-33,63-65H2,1-2H3,(H2,66,89)(H,76,87)(H,77,95)(H,78,91)(H,79,94)(H,80,96)(H,81,90)(H,82,93)(H,83,92)(H4,67,68,73)(H4,69,70,74)(H4,71,72,75)/t34-,38-,39-,40-,41-,42-,43-,44+,45-,46-,49-/m0/s1. The van der Waals surface area contributed by atoms with E-state index in [2.05, 4.69) is 57.5 Å². The number of nitrogens with two attached hydrogens (primary N) is 10. The minimum absolute atomic E-state index is 0.00255. The first-order chi connectivity index (χ1) is 46.6. The molecule has 0 aliphatic carbocycles. The molecule has 2 aromatic carbocycles. The molecule has 0 spiro atoms. The molecular weight excluding hydrogens is 1270 g/mol. The summed E-state index contributed by atoms with van der Waals surface area (Å²) in [5.41, 5.74) is 58.1. The van der Waals surface area contributed by atoms with E-state index in [1.54, 1.807) is 56.3 Å². The van der Waals surface area contributed by atoms with Gasteiger partial charge in [0, 0.05) is 39.1 Å². The van der Waals surface area contributed by atoms with Crippen molar-refractivity contribution in [1.29, 1.82) is 0 Å². The Labute approximate surface area is 567 Å². The summed E-state index contributed by atoms with van der Waals surface area (Å²) in [4.78, 5) is 181. The zero-order valence-electron chi connectivity index (χ0n) is 55.5. The van der Waals surface area contributed by atoms with Crippen molar-refractivity contribution in [2.45, 2.75) is 171 Å².